The van der Waals surface area contributed by atoms with E-state index in [0.717, 1.165) is 44.6 Å². The van der Waals surface area contributed by atoms with Crippen LogP contribution < -0.4 is 5.32 Å². The molecular formula is C21H30ClN3O2. The summed E-state index contributed by atoms with van der Waals surface area (Å²) in [7, 11) is 0. The zero-order chi connectivity index (χ0) is 18.1. The van der Waals surface area contributed by atoms with E-state index >= 15 is 0 Å². The molecule has 1 aromatic carbocycles. The van der Waals surface area contributed by atoms with Crippen molar-refractivity contribution in [3.05, 3.63) is 35.4 Å². The molecule has 5 nitrogen and oxygen atoms in total. The number of likely N-dealkylation sites (tertiary alicyclic amines) is 2. The number of amides is 2. The maximum atomic E-state index is 13.2. The summed E-state index contributed by atoms with van der Waals surface area (Å²) in [4.78, 5) is 29.4. The number of aryl methyl sites for hydroxylation is 1. The molecule has 148 valence electrons. The highest BCUT2D eigenvalue weighted by atomic mass is 35.5. The van der Waals surface area contributed by atoms with Gasteiger partial charge in [-0.25, -0.2) is 0 Å². The van der Waals surface area contributed by atoms with Gasteiger partial charge >= 0.3 is 0 Å². The van der Waals surface area contributed by atoms with Crippen LogP contribution in [0.4, 0.5) is 0 Å². The fourth-order valence-electron chi connectivity index (χ4n) is 4.73. The summed E-state index contributed by atoms with van der Waals surface area (Å²) in [5.41, 5.74) is 2.30. The van der Waals surface area contributed by atoms with E-state index < -0.39 is 0 Å². The monoisotopic (exact) mass is 391 g/mol. The van der Waals surface area contributed by atoms with Crippen molar-refractivity contribution in [2.75, 3.05) is 26.2 Å². The minimum Gasteiger partial charge on any atom is -0.341 e. The number of fused-ring (bicyclic) bond motifs is 1. The van der Waals surface area contributed by atoms with Crippen molar-refractivity contribution >= 4 is 24.2 Å². The van der Waals surface area contributed by atoms with Gasteiger partial charge in [-0.1, -0.05) is 29.8 Å². The molecular weight excluding hydrogens is 362 g/mol. The summed E-state index contributed by atoms with van der Waals surface area (Å²) in [6.45, 7) is 6.46. The van der Waals surface area contributed by atoms with Gasteiger partial charge in [0.2, 0.25) is 11.8 Å². The lowest BCUT2D eigenvalue weighted by Gasteiger charge is -2.30. The van der Waals surface area contributed by atoms with Crippen LogP contribution in [0.2, 0.25) is 0 Å². The van der Waals surface area contributed by atoms with Crippen LogP contribution in [0.1, 0.15) is 36.8 Å². The molecule has 1 N–H and O–H groups in total. The molecule has 2 amide bonds. The Morgan fingerprint density at radius 3 is 2.33 bits per heavy atom. The van der Waals surface area contributed by atoms with Gasteiger partial charge in [0, 0.05) is 26.1 Å². The molecule has 1 unspecified atom stereocenters. The van der Waals surface area contributed by atoms with E-state index in [4.69, 9.17) is 0 Å². The molecule has 0 bridgehead atoms. The normalized spacial score (nSPS) is 27.9. The Balaban J connectivity index is 0.00000210. The van der Waals surface area contributed by atoms with Gasteiger partial charge in [0.1, 0.15) is 6.04 Å². The van der Waals surface area contributed by atoms with Gasteiger partial charge in [-0.05, 0) is 56.7 Å². The van der Waals surface area contributed by atoms with E-state index in [2.05, 4.69) is 36.5 Å². The first-order valence-corrected chi connectivity index (χ1v) is 9.96. The van der Waals surface area contributed by atoms with Crippen LogP contribution in [0.25, 0.3) is 0 Å². The highest BCUT2D eigenvalue weighted by Crippen LogP contribution is 2.29. The molecule has 3 saturated heterocycles. The fraction of sp³-hybridized carbons (Fsp3) is 0.619. The third kappa shape index (κ3) is 4.30. The molecule has 0 spiro atoms. The van der Waals surface area contributed by atoms with Crippen LogP contribution in [-0.2, 0) is 16.1 Å². The lowest BCUT2D eigenvalue weighted by Crippen LogP contribution is -2.47. The summed E-state index contributed by atoms with van der Waals surface area (Å²) in [6, 6.07) is 7.97. The smallest absolute Gasteiger partial charge is 0.245 e. The Morgan fingerprint density at radius 2 is 1.70 bits per heavy atom. The van der Waals surface area contributed by atoms with E-state index in [1.165, 1.54) is 5.56 Å². The largest absolute Gasteiger partial charge is 0.341 e. The van der Waals surface area contributed by atoms with Gasteiger partial charge in [-0.3, -0.25) is 9.59 Å². The van der Waals surface area contributed by atoms with Crippen molar-refractivity contribution in [2.45, 2.75) is 45.2 Å². The number of carbonyl (C=O) groups excluding carboxylic acids is 2. The summed E-state index contributed by atoms with van der Waals surface area (Å²) in [5.74, 6) is 1.69. The van der Waals surface area contributed by atoms with Crippen LogP contribution in [0.5, 0.6) is 0 Å². The van der Waals surface area contributed by atoms with Crippen LogP contribution >= 0.6 is 12.4 Å². The average molecular weight is 392 g/mol. The molecule has 3 aliphatic heterocycles. The maximum Gasteiger partial charge on any atom is 0.245 e. The third-order valence-electron chi connectivity index (χ3n) is 6.42. The predicted octanol–water partition coefficient (Wildman–Crippen LogP) is 2.37. The molecule has 3 fully saturated rings. The van der Waals surface area contributed by atoms with Crippen molar-refractivity contribution in [1.82, 2.24) is 15.1 Å². The van der Waals surface area contributed by atoms with E-state index in [0.29, 0.717) is 31.2 Å². The number of hydrogen-bond donors (Lipinski definition) is 1. The third-order valence-corrected chi connectivity index (χ3v) is 6.42. The topological polar surface area (TPSA) is 52.7 Å². The van der Waals surface area contributed by atoms with Gasteiger partial charge in [0.25, 0.3) is 0 Å². The Hall–Kier alpha value is -1.59. The Morgan fingerprint density at radius 1 is 1.07 bits per heavy atom. The SMILES string of the molecule is Cc1ccc(CN2C(=O)CCC2C(=O)N2CC[C@@H]3CNC[C@@H]3CC2)cc1.Cl. The lowest BCUT2D eigenvalue weighted by molar-refractivity contribution is -0.141. The zero-order valence-corrected chi connectivity index (χ0v) is 16.8. The van der Waals surface area contributed by atoms with Gasteiger partial charge in [0.05, 0.1) is 0 Å². The molecule has 0 saturated carbocycles. The Bertz CT molecular complexity index is 665. The number of nitrogens with zero attached hydrogens (tertiary/aromatic N) is 2. The van der Waals surface area contributed by atoms with Crippen molar-refractivity contribution in [3.63, 3.8) is 0 Å². The molecule has 6 heteroatoms. The van der Waals surface area contributed by atoms with Crippen LogP contribution in [-0.4, -0.2) is 53.8 Å². The van der Waals surface area contributed by atoms with Crippen molar-refractivity contribution in [3.8, 4) is 0 Å². The van der Waals surface area contributed by atoms with Crippen molar-refractivity contribution in [1.29, 1.82) is 0 Å². The Labute approximate surface area is 167 Å². The highest BCUT2D eigenvalue weighted by molar-refractivity contribution is 5.91. The quantitative estimate of drug-likeness (QED) is 0.860. The molecule has 1 aromatic rings. The van der Waals surface area contributed by atoms with Crippen LogP contribution in [0.15, 0.2) is 24.3 Å². The van der Waals surface area contributed by atoms with Crippen molar-refractivity contribution in [2.24, 2.45) is 11.8 Å². The van der Waals surface area contributed by atoms with E-state index in [1.807, 2.05) is 4.90 Å². The number of rotatable bonds is 3. The zero-order valence-electron chi connectivity index (χ0n) is 16.0. The second kappa shape index (κ2) is 8.61. The molecule has 3 aliphatic rings. The number of halogens is 1. The lowest BCUT2D eigenvalue weighted by atomic mass is 9.92. The van der Waals surface area contributed by atoms with Crippen molar-refractivity contribution < 1.29 is 9.59 Å². The number of carbonyl (C=O) groups is 2. The second-order valence-electron chi connectivity index (χ2n) is 8.14. The van der Waals surface area contributed by atoms with Gasteiger partial charge < -0.3 is 15.1 Å². The first kappa shape index (κ1) is 20.2. The number of hydrogen-bond acceptors (Lipinski definition) is 3. The average Bonchev–Trinajstić information content (AvgIpc) is 3.18. The molecule has 3 atom stereocenters. The number of nitrogens with one attached hydrogen (secondary N) is 1. The van der Waals surface area contributed by atoms with Gasteiger partial charge in [0.15, 0.2) is 0 Å². The summed E-state index contributed by atoms with van der Waals surface area (Å²) in [6.07, 6.45) is 3.32. The molecule has 0 aromatic heterocycles. The van der Waals surface area contributed by atoms with E-state index in [9.17, 15) is 9.59 Å². The van der Waals surface area contributed by atoms with E-state index in [1.54, 1.807) is 4.90 Å². The van der Waals surface area contributed by atoms with Gasteiger partial charge in [-0.2, -0.15) is 0 Å². The minimum absolute atomic E-state index is 0. The Kier molecular flexibility index (Phi) is 6.43. The standard InChI is InChI=1S/C21H29N3O2.ClH/c1-15-2-4-16(5-3-15)14-24-19(6-7-20(24)25)21(26)23-10-8-17-12-22-13-18(17)9-11-23;/h2-5,17-19,22H,6-14H2,1H3;1H/t17-,18+,19?;. The molecule has 3 heterocycles. The summed E-state index contributed by atoms with van der Waals surface area (Å²) >= 11 is 0. The molecule has 4 rings (SSSR count). The second-order valence-corrected chi connectivity index (χ2v) is 8.14. The van der Waals surface area contributed by atoms with Crippen LogP contribution in [0, 0.1) is 18.8 Å². The molecule has 0 radical (unpaired) electrons. The summed E-state index contributed by atoms with van der Waals surface area (Å²) < 4.78 is 0. The maximum absolute atomic E-state index is 13.2. The first-order chi connectivity index (χ1) is 12.6. The number of benzene rings is 1. The minimum atomic E-state index is -0.278. The predicted molar refractivity (Wildman–Crippen MR) is 108 cm³/mol. The molecule has 27 heavy (non-hydrogen) atoms. The molecule has 0 aliphatic carbocycles. The van der Waals surface area contributed by atoms with Gasteiger partial charge in [-0.15, -0.1) is 12.4 Å². The first-order valence-electron chi connectivity index (χ1n) is 9.96. The fourth-order valence-corrected chi connectivity index (χ4v) is 4.73. The van der Waals surface area contributed by atoms with Crippen LogP contribution in [0.3, 0.4) is 0 Å². The van der Waals surface area contributed by atoms with E-state index in [-0.39, 0.29) is 30.3 Å². The highest BCUT2D eigenvalue weighted by Gasteiger charge is 2.39. The summed E-state index contributed by atoms with van der Waals surface area (Å²) in [5, 5.41) is 3.48.